The molecular weight excluding hydrogens is 496 g/mol. The van der Waals surface area contributed by atoms with Crippen LogP contribution in [0.2, 0.25) is 0 Å². The van der Waals surface area contributed by atoms with Gasteiger partial charge in [0.05, 0.1) is 17.4 Å². The molecular formula is C31H56N2O4S. The predicted octanol–water partition coefficient (Wildman–Crippen LogP) is 7.54. The van der Waals surface area contributed by atoms with Gasteiger partial charge in [0.2, 0.25) is 5.91 Å². The van der Waals surface area contributed by atoms with Gasteiger partial charge < -0.3 is 14.8 Å². The van der Waals surface area contributed by atoms with Crippen LogP contribution in [-0.2, 0) is 14.3 Å². The van der Waals surface area contributed by atoms with Gasteiger partial charge in [-0.1, -0.05) is 78.1 Å². The molecule has 2 saturated carbocycles. The third kappa shape index (κ3) is 8.78. The number of ether oxygens (including phenoxy) is 2. The Morgan fingerprint density at radius 2 is 1.50 bits per heavy atom. The Balaban J connectivity index is 1.92. The van der Waals surface area contributed by atoms with Crippen LogP contribution in [0, 0.1) is 17.8 Å². The molecule has 6 nitrogen and oxygen atoms in total. The number of hydrogen-bond donors (Lipinski definition) is 1. The van der Waals surface area contributed by atoms with Crippen molar-refractivity contribution in [2.45, 2.75) is 148 Å². The van der Waals surface area contributed by atoms with Crippen molar-refractivity contribution in [3.8, 4) is 0 Å². The summed E-state index contributed by atoms with van der Waals surface area (Å²) in [6, 6.07) is 0. The maximum absolute atomic E-state index is 14.0. The van der Waals surface area contributed by atoms with Gasteiger partial charge in [-0.15, -0.1) is 11.8 Å². The minimum Gasteiger partial charge on any atom is -0.444 e. The number of hydrogen-bond acceptors (Lipinski definition) is 5. The molecule has 1 saturated heterocycles. The number of thioether (sulfide) groups is 1. The van der Waals surface area contributed by atoms with Crippen LogP contribution in [0.3, 0.4) is 0 Å². The van der Waals surface area contributed by atoms with E-state index in [2.05, 4.69) is 19.2 Å². The van der Waals surface area contributed by atoms with E-state index in [1.807, 2.05) is 39.5 Å². The number of rotatable bonds is 10. The zero-order valence-corrected chi connectivity index (χ0v) is 26.2. The largest absolute Gasteiger partial charge is 0.444 e. The van der Waals surface area contributed by atoms with E-state index in [1.54, 1.807) is 11.8 Å². The molecule has 0 aromatic rings. The lowest BCUT2D eigenvalue weighted by Crippen LogP contribution is -2.60. The first-order valence-electron chi connectivity index (χ1n) is 15.4. The molecule has 7 heteroatoms. The fraction of sp³-hybridized carbons (Fsp3) is 0.935. The smallest absolute Gasteiger partial charge is 0.413 e. The summed E-state index contributed by atoms with van der Waals surface area (Å²) in [5.74, 6) is 2.83. The zero-order valence-electron chi connectivity index (χ0n) is 25.4. The summed E-state index contributed by atoms with van der Waals surface area (Å²) in [6.45, 7) is 14.8. The van der Waals surface area contributed by atoms with Crippen molar-refractivity contribution in [1.82, 2.24) is 10.2 Å². The molecule has 38 heavy (non-hydrogen) atoms. The molecule has 1 N–H and O–H groups in total. The van der Waals surface area contributed by atoms with E-state index in [0.717, 1.165) is 12.8 Å². The number of nitrogens with zero attached hydrogens (tertiary/aromatic N) is 1. The Morgan fingerprint density at radius 1 is 0.974 bits per heavy atom. The van der Waals surface area contributed by atoms with Crippen LogP contribution < -0.4 is 5.32 Å². The van der Waals surface area contributed by atoms with Gasteiger partial charge >= 0.3 is 6.09 Å². The molecule has 0 aromatic heterocycles. The molecule has 0 spiro atoms. The lowest BCUT2D eigenvalue weighted by Gasteiger charge is -2.47. The Kier molecular flexibility index (Phi) is 11.3. The molecule has 2 amide bonds. The summed E-state index contributed by atoms with van der Waals surface area (Å²) in [6.07, 6.45) is 14.2. The van der Waals surface area contributed by atoms with Gasteiger partial charge in [-0.25, -0.2) is 4.79 Å². The van der Waals surface area contributed by atoms with Gasteiger partial charge in [0.1, 0.15) is 11.3 Å². The lowest BCUT2D eigenvalue weighted by atomic mass is 9.70. The Hall–Kier alpha value is -0.950. The summed E-state index contributed by atoms with van der Waals surface area (Å²) in [5.41, 5.74) is -1.76. The van der Waals surface area contributed by atoms with Gasteiger partial charge in [-0.2, -0.15) is 0 Å². The second-order valence-corrected chi connectivity index (χ2v) is 15.1. The molecule has 0 radical (unpaired) electrons. The molecule has 0 bridgehead atoms. The van der Waals surface area contributed by atoms with Crippen molar-refractivity contribution >= 4 is 23.8 Å². The van der Waals surface area contributed by atoms with E-state index < -0.39 is 16.9 Å². The highest BCUT2D eigenvalue weighted by molar-refractivity contribution is 8.00. The first-order chi connectivity index (χ1) is 17.8. The number of amides is 2. The molecule has 1 aliphatic heterocycles. The molecule has 220 valence electrons. The van der Waals surface area contributed by atoms with Gasteiger partial charge in [-0.05, 0) is 65.2 Å². The summed E-state index contributed by atoms with van der Waals surface area (Å²) < 4.78 is 12.9. The highest BCUT2D eigenvalue weighted by atomic mass is 32.2. The standard InChI is InChI=1S/C31H56N2O4S/c1-23(2)20-32-27(34)22-38-21-26-31(18-24-14-10-8-11-15-24,19-25-16-12-9-13-17-25)33(30(6,7)36-26)28(35)37-29(3,4)5/h23-26H,8-22H2,1-7H3,(H,32,34). The van der Waals surface area contributed by atoms with Crippen LogP contribution in [-0.4, -0.2) is 57.9 Å². The fourth-order valence-electron chi connectivity index (χ4n) is 7.03. The van der Waals surface area contributed by atoms with Crippen LogP contribution in [0.25, 0.3) is 0 Å². The third-order valence-electron chi connectivity index (χ3n) is 8.53. The van der Waals surface area contributed by atoms with Crippen molar-refractivity contribution in [2.75, 3.05) is 18.1 Å². The normalized spacial score (nSPS) is 24.5. The van der Waals surface area contributed by atoms with E-state index in [0.29, 0.717) is 35.8 Å². The topological polar surface area (TPSA) is 67.9 Å². The van der Waals surface area contributed by atoms with Crippen molar-refractivity contribution in [3.05, 3.63) is 0 Å². The Labute approximate surface area is 237 Å². The fourth-order valence-corrected chi connectivity index (χ4v) is 8.03. The average molecular weight is 553 g/mol. The van der Waals surface area contributed by atoms with Gasteiger partial charge in [0, 0.05) is 12.3 Å². The van der Waals surface area contributed by atoms with E-state index in [9.17, 15) is 9.59 Å². The van der Waals surface area contributed by atoms with Crippen LogP contribution in [0.1, 0.15) is 126 Å². The van der Waals surface area contributed by atoms with Crippen molar-refractivity contribution in [1.29, 1.82) is 0 Å². The number of carbonyl (C=O) groups is 2. The van der Waals surface area contributed by atoms with Crippen LogP contribution >= 0.6 is 11.8 Å². The van der Waals surface area contributed by atoms with Gasteiger partial charge in [0.15, 0.2) is 0 Å². The van der Waals surface area contributed by atoms with Crippen LogP contribution in [0.5, 0.6) is 0 Å². The Bertz CT molecular complexity index is 746. The molecule has 3 aliphatic rings. The second kappa shape index (κ2) is 13.6. The maximum atomic E-state index is 14.0. The molecule has 1 heterocycles. The molecule has 3 rings (SSSR count). The average Bonchev–Trinajstić information content (AvgIpc) is 3.03. The van der Waals surface area contributed by atoms with E-state index in [1.165, 1.54) is 64.2 Å². The molecule has 1 atom stereocenters. The minimum atomic E-state index is -0.767. The second-order valence-electron chi connectivity index (χ2n) is 14.1. The van der Waals surface area contributed by atoms with Crippen molar-refractivity contribution in [2.24, 2.45) is 17.8 Å². The summed E-state index contributed by atoms with van der Waals surface area (Å²) in [5, 5.41) is 3.04. The molecule has 0 aromatic carbocycles. The monoisotopic (exact) mass is 552 g/mol. The minimum absolute atomic E-state index is 0.0788. The van der Waals surface area contributed by atoms with E-state index in [-0.39, 0.29) is 18.1 Å². The number of carbonyl (C=O) groups excluding carboxylic acids is 2. The van der Waals surface area contributed by atoms with Gasteiger partial charge in [0.25, 0.3) is 0 Å². The summed E-state index contributed by atoms with van der Waals surface area (Å²) in [7, 11) is 0. The summed E-state index contributed by atoms with van der Waals surface area (Å²) >= 11 is 1.65. The molecule has 2 aliphatic carbocycles. The van der Waals surface area contributed by atoms with E-state index >= 15 is 0 Å². The highest BCUT2D eigenvalue weighted by Gasteiger charge is 2.61. The SMILES string of the molecule is CC(C)CNC(=O)CSCC1OC(C)(C)N(C(=O)OC(C)(C)C)C1(CC1CCCCC1)CC1CCCCC1. The lowest BCUT2D eigenvalue weighted by molar-refractivity contribution is -0.118. The molecule has 1 unspecified atom stereocenters. The summed E-state index contributed by atoms with van der Waals surface area (Å²) in [4.78, 5) is 28.5. The predicted molar refractivity (Wildman–Crippen MR) is 157 cm³/mol. The quantitative estimate of drug-likeness (QED) is 0.303. The zero-order chi connectivity index (χ0) is 28.0. The van der Waals surface area contributed by atoms with Crippen molar-refractivity contribution < 1.29 is 19.1 Å². The Morgan fingerprint density at radius 3 is 1.97 bits per heavy atom. The highest BCUT2D eigenvalue weighted by Crippen LogP contribution is 2.51. The van der Waals surface area contributed by atoms with E-state index in [4.69, 9.17) is 9.47 Å². The number of nitrogens with one attached hydrogen (secondary N) is 1. The van der Waals surface area contributed by atoms with Crippen LogP contribution in [0.4, 0.5) is 4.79 Å². The first kappa shape index (κ1) is 31.6. The molecule has 3 fully saturated rings. The maximum Gasteiger partial charge on any atom is 0.413 e. The van der Waals surface area contributed by atoms with Gasteiger partial charge in [-0.3, -0.25) is 9.69 Å². The van der Waals surface area contributed by atoms with Crippen molar-refractivity contribution in [3.63, 3.8) is 0 Å². The third-order valence-corrected chi connectivity index (χ3v) is 9.54. The van der Waals surface area contributed by atoms with Crippen LogP contribution in [0.15, 0.2) is 0 Å². The first-order valence-corrected chi connectivity index (χ1v) is 16.5.